The lowest BCUT2D eigenvalue weighted by Gasteiger charge is -2.38. The Morgan fingerprint density at radius 1 is 1.37 bits per heavy atom. The summed E-state index contributed by atoms with van der Waals surface area (Å²) in [5.41, 5.74) is 1.24. The number of rotatable bonds is 6. The highest BCUT2D eigenvalue weighted by molar-refractivity contribution is 14.1. The lowest BCUT2D eigenvalue weighted by molar-refractivity contribution is 0.0789. The van der Waals surface area contributed by atoms with Crippen molar-refractivity contribution in [1.29, 1.82) is 0 Å². The number of hydrogen-bond acceptors (Lipinski definition) is 5. The minimum atomic E-state index is -0.942. The van der Waals surface area contributed by atoms with E-state index in [-0.39, 0.29) is 12.1 Å². The number of anilines is 1. The third kappa shape index (κ3) is 5.30. The molecule has 0 aliphatic carbocycles. The molecule has 0 aromatic carbocycles. The van der Waals surface area contributed by atoms with Crippen LogP contribution in [0.4, 0.5) is 10.7 Å². The molecule has 1 amide bonds. The fraction of sp³-hybridized carbons (Fsp3) is 0.556. The van der Waals surface area contributed by atoms with Gasteiger partial charge in [-0.3, -0.25) is 9.58 Å². The summed E-state index contributed by atoms with van der Waals surface area (Å²) in [6, 6.07) is 1.88. The van der Waals surface area contributed by atoms with Gasteiger partial charge in [-0.25, -0.2) is 14.8 Å². The van der Waals surface area contributed by atoms with E-state index < -0.39 is 11.6 Å². The first-order valence-electron chi connectivity index (χ1n) is 8.85. The van der Waals surface area contributed by atoms with Crippen molar-refractivity contribution in [3.8, 4) is 11.3 Å². The molecule has 0 radical (unpaired) electrons. The molecule has 0 aliphatic rings. The van der Waals surface area contributed by atoms with Gasteiger partial charge in [-0.05, 0) is 70.2 Å². The molecule has 0 saturated heterocycles. The first-order chi connectivity index (χ1) is 12.5. The smallest absolute Gasteiger partial charge is 0.408 e. The normalized spacial score (nSPS) is 12.9. The lowest BCUT2D eigenvalue weighted by Crippen LogP contribution is -2.52. The van der Waals surface area contributed by atoms with Gasteiger partial charge in [0.15, 0.2) is 0 Å². The predicted octanol–water partition coefficient (Wildman–Crippen LogP) is 4.10. The Morgan fingerprint density at radius 2 is 2.04 bits per heavy atom. The van der Waals surface area contributed by atoms with Crippen LogP contribution in [0.1, 0.15) is 47.6 Å². The number of halogens is 1. The first-order valence-corrected chi connectivity index (χ1v) is 9.92. The van der Waals surface area contributed by atoms with Crippen LogP contribution in [0.25, 0.3) is 11.3 Å². The summed E-state index contributed by atoms with van der Waals surface area (Å²) in [6.45, 7) is 12.1. The van der Waals surface area contributed by atoms with Gasteiger partial charge in [-0.15, -0.1) is 0 Å². The molecule has 1 unspecified atom stereocenters. The maximum atomic E-state index is 11.6. The van der Waals surface area contributed by atoms with E-state index in [0.29, 0.717) is 12.5 Å². The number of nitrogens with one attached hydrogen (secondary N) is 1. The van der Waals surface area contributed by atoms with E-state index in [1.807, 2.05) is 44.6 Å². The van der Waals surface area contributed by atoms with E-state index in [2.05, 4.69) is 56.8 Å². The molecule has 0 aliphatic heterocycles. The first kappa shape index (κ1) is 21.4. The minimum absolute atomic E-state index is 0.237. The van der Waals surface area contributed by atoms with Gasteiger partial charge in [-0.1, -0.05) is 0 Å². The molecule has 27 heavy (non-hydrogen) atoms. The lowest BCUT2D eigenvalue weighted by atomic mass is 10.0. The van der Waals surface area contributed by atoms with Crippen molar-refractivity contribution in [2.75, 3.05) is 11.9 Å². The average molecular weight is 486 g/mol. The van der Waals surface area contributed by atoms with Crippen LogP contribution in [0.2, 0.25) is 0 Å². The van der Waals surface area contributed by atoms with E-state index in [0.717, 1.165) is 15.0 Å². The molecular formula is C18H27IN6O2. The third-order valence-electron chi connectivity index (χ3n) is 4.07. The zero-order valence-corrected chi connectivity index (χ0v) is 18.7. The summed E-state index contributed by atoms with van der Waals surface area (Å²) in [5, 5.41) is 17.2. The molecule has 0 saturated carbocycles. The van der Waals surface area contributed by atoms with Crippen molar-refractivity contribution in [1.82, 2.24) is 24.6 Å². The molecule has 2 aromatic rings. The van der Waals surface area contributed by atoms with E-state index >= 15 is 0 Å². The molecule has 1 atom stereocenters. The monoisotopic (exact) mass is 486 g/mol. The summed E-state index contributed by atoms with van der Waals surface area (Å²) in [5.74, 6) is 0.465. The van der Waals surface area contributed by atoms with Gasteiger partial charge in [0.2, 0.25) is 5.95 Å². The second-order valence-electron chi connectivity index (χ2n) is 7.73. The Bertz CT molecular complexity index is 799. The van der Waals surface area contributed by atoms with Gasteiger partial charge in [0, 0.05) is 30.5 Å². The standard InChI is InChI=1S/C18H27IN6O2/c1-11(2)24-10-13(15(19)23-24)14-7-8-20-16(22-14)21-9-12(3)25(17(26)27)18(4,5)6/h7-8,10-12H,9H2,1-6H3,(H,26,27)(H,20,21,22). The van der Waals surface area contributed by atoms with E-state index in [9.17, 15) is 9.90 Å². The molecule has 8 nitrogen and oxygen atoms in total. The van der Waals surface area contributed by atoms with Gasteiger partial charge in [0.25, 0.3) is 0 Å². The van der Waals surface area contributed by atoms with Gasteiger partial charge < -0.3 is 10.4 Å². The quantitative estimate of drug-likeness (QED) is 0.597. The van der Waals surface area contributed by atoms with Crippen molar-refractivity contribution in [3.05, 3.63) is 22.2 Å². The van der Waals surface area contributed by atoms with E-state index in [1.165, 1.54) is 4.90 Å². The van der Waals surface area contributed by atoms with Crippen LogP contribution in [0.15, 0.2) is 18.5 Å². The van der Waals surface area contributed by atoms with Crippen molar-refractivity contribution < 1.29 is 9.90 Å². The molecular weight excluding hydrogens is 459 g/mol. The molecule has 2 rings (SSSR count). The number of hydrogen-bond donors (Lipinski definition) is 2. The summed E-state index contributed by atoms with van der Waals surface area (Å²) < 4.78 is 2.78. The third-order valence-corrected chi connectivity index (χ3v) is 4.87. The Kier molecular flexibility index (Phi) is 6.66. The molecule has 9 heteroatoms. The van der Waals surface area contributed by atoms with Gasteiger partial charge in [-0.2, -0.15) is 5.10 Å². The van der Waals surface area contributed by atoms with Gasteiger partial charge in [0.05, 0.1) is 17.3 Å². The Morgan fingerprint density at radius 3 is 2.56 bits per heavy atom. The summed E-state index contributed by atoms with van der Waals surface area (Å²) in [7, 11) is 0. The Hall–Kier alpha value is -1.91. The highest BCUT2D eigenvalue weighted by atomic mass is 127. The number of aromatic nitrogens is 4. The van der Waals surface area contributed by atoms with Crippen LogP contribution >= 0.6 is 22.6 Å². The van der Waals surface area contributed by atoms with Crippen molar-refractivity contribution in [3.63, 3.8) is 0 Å². The van der Waals surface area contributed by atoms with E-state index in [1.54, 1.807) is 6.20 Å². The molecule has 0 fully saturated rings. The highest BCUT2D eigenvalue weighted by Crippen LogP contribution is 2.24. The SMILES string of the molecule is CC(CNc1nccc(-c2cn(C(C)C)nc2I)n1)N(C(=O)O)C(C)(C)C. The average Bonchev–Trinajstić information content (AvgIpc) is 2.94. The molecule has 0 bridgehead atoms. The van der Waals surface area contributed by atoms with Crippen LogP contribution < -0.4 is 5.32 Å². The minimum Gasteiger partial charge on any atom is -0.465 e. The zero-order chi connectivity index (χ0) is 20.4. The van der Waals surface area contributed by atoms with E-state index in [4.69, 9.17) is 0 Å². The van der Waals surface area contributed by atoms with Crippen molar-refractivity contribution >= 4 is 34.6 Å². The van der Waals surface area contributed by atoms with Crippen LogP contribution in [0.5, 0.6) is 0 Å². The second kappa shape index (κ2) is 8.41. The number of carboxylic acid groups (broad SMARTS) is 1. The molecule has 2 aromatic heterocycles. The number of carbonyl (C=O) groups is 1. The van der Waals surface area contributed by atoms with Crippen LogP contribution in [0.3, 0.4) is 0 Å². The fourth-order valence-electron chi connectivity index (χ4n) is 2.87. The second-order valence-corrected chi connectivity index (χ2v) is 8.75. The molecule has 0 spiro atoms. The van der Waals surface area contributed by atoms with Crippen LogP contribution in [0, 0.1) is 3.70 Å². The largest absolute Gasteiger partial charge is 0.465 e. The van der Waals surface area contributed by atoms with Crippen LogP contribution in [-0.2, 0) is 0 Å². The van der Waals surface area contributed by atoms with Crippen molar-refractivity contribution in [2.24, 2.45) is 0 Å². The summed E-state index contributed by atoms with van der Waals surface area (Å²) >= 11 is 2.20. The van der Waals surface area contributed by atoms with Crippen molar-refractivity contribution in [2.45, 2.75) is 59.2 Å². The molecule has 148 valence electrons. The Balaban J connectivity index is 2.15. The Labute approximate surface area is 173 Å². The number of amides is 1. The number of nitrogens with zero attached hydrogens (tertiary/aromatic N) is 5. The molecule has 2 heterocycles. The zero-order valence-electron chi connectivity index (χ0n) is 16.6. The van der Waals surface area contributed by atoms with Crippen LogP contribution in [-0.4, -0.2) is 54.0 Å². The fourth-order valence-corrected chi connectivity index (χ4v) is 3.53. The highest BCUT2D eigenvalue weighted by Gasteiger charge is 2.30. The summed E-state index contributed by atoms with van der Waals surface area (Å²) in [6.07, 6.45) is 2.73. The predicted molar refractivity (Wildman–Crippen MR) is 114 cm³/mol. The maximum absolute atomic E-state index is 11.6. The van der Waals surface area contributed by atoms with Gasteiger partial charge >= 0.3 is 6.09 Å². The van der Waals surface area contributed by atoms with Gasteiger partial charge in [0.1, 0.15) is 3.70 Å². The maximum Gasteiger partial charge on any atom is 0.408 e. The topological polar surface area (TPSA) is 96.2 Å². The molecule has 2 N–H and O–H groups in total. The summed E-state index contributed by atoms with van der Waals surface area (Å²) in [4.78, 5) is 21.8.